The van der Waals surface area contributed by atoms with Crippen molar-refractivity contribution >= 4 is 18.0 Å². The lowest BCUT2D eigenvalue weighted by Gasteiger charge is -2.05. The monoisotopic (exact) mass is 220 g/mol. The molecular formula is C12H12O4. The molecule has 0 saturated carbocycles. The molecule has 0 aliphatic carbocycles. The van der Waals surface area contributed by atoms with Crippen LogP contribution in [-0.4, -0.2) is 22.2 Å². The zero-order valence-electron chi connectivity index (χ0n) is 9.02. The van der Waals surface area contributed by atoms with E-state index in [1.54, 1.807) is 12.1 Å². The summed E-state index contributed by atoms with van der Waals surface area (Å²) in [5.41, 5.74) is 0.955. The molecule has 0 radical (unpaired) electrons. The first-order chi connectivity index (χ1) is 7.43. The lowest BCUT2D eigenvalue weighted by Crippen LogP contribution is -2.09. The van der Waals surface area contributed by atoms with Crippen LogP contribution in [0.3, 0.4) is 0 Å². The van der Waals surface area contributed by atoms with Crippen LogP contribution < -0.4 is 0 Å². The third kappa shape index (κ3) is 2.48. The standard InChI is InChI=1S/C12H12O4/c1-7(2)6-8-4-3-5-9(11(13)14)10(8)12(15)16/h3-6H,1-2H3,(H,13,14)(H,15,16). The van der Waals surface area contributed by atoms with Gasteiger partial charge in [-0.15, -0.1) is 0 Å². The van der Waals surface area contributed by atoms with E-state index in [9.17, 15) is 9.59 Å². The van der Waals surface area contributed by atoms with Gasteiger partial charge in [-0.25, -0.2) is 9.59 Å². The lowest BCUT2D eigenvalue weighted by atomic mass is 9.99. The van der Waals surface area contributed by atoms with E-state index < -0.39 is 11.9 Å². The molecule has 0 spiro atoms. The molecule has 0 bridgehead atoms. The van der Waals surface area contributed by atoms with Gasteiger partial charge < -0.3 is 10.2 Å². The van der Waals surface area contributed by atoms with Crippen molar-refractivity contribution in [3.8, 4) is 0 Å². The molecule has 4 heteroatoms. The fourth-order valence-electron chi connectivity index (χ4n) is 1.42. The minimum Gasteiger partial charge on any atom is -0.478 e. The van der Waals surface area contributed by atoms with Gasteiger partial charge in [-0.3, -0.25) is 0 Å². The van der Waals surface area contributed by atoms with Crippen molar-refractivity contribution < 1.29 is 19.8 Å². The molecule has 16 heavy (non-hydrogen) atoms. The van der Waals surface area contributed by atoms with Crippen LogP contribution in [-0.2, 0) is 0 Å². The summed E-state index contributed by atoms with van der Waals surface area (Å²) in [5.74, 6) is -2.47. The van der Waals surface area contributed by atoms with Crippen molar-refractivity contribution in [3.05, 3.63) is 40.5 Å². The van der Waals surface area contributed by atoms with E-state index in [-0.39, 0.29) is 11.1 Å². The van der Waals surface area contributed by atoms with Gasteiger partial charge in [0.1, 0.15) is 0 Å². The smallest absolute Gasteiger partial charge is 0.337 e. The summed E-state index contributed by atoms with van der Waals surface area (Å²) >= 11 is 0. The van der Waals surface area contributed by atoms with Gasteiger partial charge in [-0.1, -0.05) is 23.8 Å². The zero-order chi connectivity index (χ0) is 12.3. The molecule has 0 aliphatic heterocycles. The van der Waals surface area contributed by atoms with E-state index in [1.807, 2.05) is 13.8 Å². The number of carbonyl (C=O) groups is 2. The van der Waals surface area contributed by atoms with Crippen LogP contribution in [0, 0.1) is 0 Å². The van der Waals surface area contributed by atoms with Gasteiger partial charge in [0, 0.05) is 0 Å². The van der Waals surface area contributed by atoms with Crippen LogP contribution in [0.5, 0.6) is 0 Å². The predicted octanol–water partition coefficient (Wildman–Crippen LogP) is 2.51. The zero-order valence-corrected chi connectivity index (χ0v) is 9.02. The molecule has 0 unspecified atom stereocenters. The van der Waals surface area contributed by atoms with Crippen molar-refractivity contribution in [1.82, 2.24) is 0 Å². The molecule has 0 aliphatic rings. The molecule has 1 rings (SSSR count). The van der Waals surface area contributed by atoms with E-state index in [0.29, 0.717) is 5.56 Å². The highest BCUT2D eigenvalue weighted by Crippen LogP contribution is 2.18. The summed E-state index contributed by atoms with van der Waals surface area (Å²) in [6.45, 7) is 3.64. The molecule has 0 atom stereocenters. The Morgan fingerprint density at radius 1 is 1.12 bits per heavy atom. The first kappa shape index (κ1) is 12.0. The van der Waals surface area contributed by atoms with Gasteiger partial charge in [0.25, 0.3) is 0 Å². The molecular weight excluding hydrogens is 208 g/mol. The first-order valence-corrected chi connectivity index (χ1v) is 4.68. The molecule has 1 aromatic carbocycles. The highest BCUT2D eigenvalue weighted by molar-refractivity contribution is 6.04. The molecule has 0 aromatic heterocycles. The average molecular weight is 220 g/mol. The number of carboxylic acids is 2. The maximum atomic E-state index is 11.0. The number of hydrogen-bond acceptors (Lipinski definition) is 2. The second kappa shape index (κ2) is 4.61. The number of hydrogen-bond donors (Lipinski definition) is 2. The lowest BCUT2D eigenvalue weighted by molar-refractivity contribution is 0.0651. The number of aromatic carboxylic acids is 2. The summed E-state index contributed by atoms with van der Waals surface area (Å²) in [7, 11) is 0. The van der Waals surface area contributed by atoms with Gasteiger partial charge in [0.15, 0.2) is 0 Å². The third-order valence-electron chi connectivity index (χ3n) is 1.99. The Morgan fingerprint density at radius 2 is 1.75 bits per heavy atom. The summed E-state index contributed by atoms with van der Waals surface area (Å²) in [4.78, 5) is 21.9. The normalized spacial score (nSPS) is 9.62. The first-order valence-electron chi connectivity index (χ1n) is 4.68. The number of allylic oxidation sites excluding steroid dienone is 1. The van der Waals surface area contributed by atoms with Gasteiger partial charge >= 0.3 is 11.9 Å². The van der Waals surface area contributed by atoms with E-state index in [1.165, 1.54) is 12.1 Å². The molecule has 2 N–H and O–H groups in total. The molecule has 0 fully saturated rings. The largest absolute Gasteiger partial charge is 0.478 e. The van der Waals surface area contributed by atoms with Crippen LogP contribution >= 0.6 is 0 Å². The second-order valence-corrected chi connectivity index (χ2v) is 3.60. The predicted molar refractivity (Wildman–Crippen MR) is 59.7 cm³/mol. The summed E-state index contributed by atoms with van der Waals surface area (Å²) in [6.07, 6.45) is 1.65. The Bertz CT molecular complexity index is 468. The van der Waals surface area contributed by atoms with Gasteiger partial charge in [0.05, 0.1) is 11.1 Å². The van der Waals surface area contributed by atoms with Crippen molar-refractivity contribution in [1.29, 1.82) is 0 Å². The number of carboxylic acid groups (broad SMARTS) is 2. The van der Waals surface area contributed by atoms with Crippen LogP contribution in [0.2, 0.25) is 0 Å². The second-order valence-electron chi connectivity index (χ2n) is 3.60. The molecule has 84 valence electrons. The maximum absolute atomic E-state index is 11.0. The van der Waals surface area contributed by atoms with Gasteiger partial charge in [-0.05, 0) is 25.5 Å². The highest BCUT2D eigenvalue weighted by Gasteiger charge is 2.18. The van der Waals surface area contributed by atoms with E-state index in [2.05, 4.69) is 0 Å². The van der Waals surface area contributed by atoms with E-state index in [0.717, 1.165) is 5.57 Å². The Morgan fingerprint density at radius 3 is 2.19 bits per heavy atom. The van der Waals surface area contributed by atoms with Crippen LogP contribution in [0.4, 0.5) is 0 Å². The third-order valence-corrected chi connectivity index (χ3v) is 1.99. The van der Waals surface area contributed by atoms with Crippen LogP contribution in [0.15, 0.2) is 23.8 Å². The molecule has 0 saturated heterocycles. The van der Waals surface area contributed by atoms with E-state index >= 15 is 0 Å². The van der Waals surface area contributed by atoms with Crippen molar-refractivity contribution in [3.63, 3.8) is 0 Å². The summed E-state index contributed by atoms with van der Waals surface area (Å²) in [5, 5.41) is 17.9. The average Bonchev–Trinajstić information content (AvgIpc) is 2.15. The van der Waals surface area contributed by atoms with Crippen molar-refractivity contribution in [2.24, 2.45) is 0 Å². The van der Waals surface area contributed by atoms with Crippen molar-refractivity contribution in [2.45, 2.75) is 13.8 Å². The Balaban J connectivity index is 3.51. The Hall–Kier alpha value is -2.10. The summed E-state index contributed by atoms with van der Waals surface area (Å²) < 4.78 is 0. The molecule has 0 heterocycles. The SMILES string of the molecule is CC(C)=Cc1cccc(C(=O)O)c1C(=O)O. The van der Waals surface area contributed by atoms with Gasteiger partial charge in [-0.2, -0.15) is 0 Å². The quantitative estimate of drug-likeness (QED) is 0.820. The fourth-order valence-corrected chi connectivity index (χ4v) is 1.42. The molecule has 0 amide bonds. The number of rotatable bonds is 3. The Kier molecular flexibility index (Phi) is 3.45. The fraction of sp³-hybridized carbons (Fsp3) is 0.167. The minimum atomic E-state index is -1.23. The number of benzene rings is 1. The van der Waals surface area contributed by atoms with E-state index in [4.69, 9.17) is 10.2 Å². The molecule has 1 aromatic rings. The van der Waals surface area contributed by atoms with Crippen LogP contribution in [0.1, 0.15) is 40.1 Å². The highest BCUT2D eigenvalue weighted by atomic mass is 16.4. The molecule has 4 nitrogen and oxygen atoms in total. The maximum Gasteiger partial charge on any atom is 0.337 e. The minimum absolute atomic E-state index is 0.170. The summed E-state index contributed by atoms with van der Waals surface area (Å²) in [6, 6.07) is 4.40. The van der Waals surface area contributed by atoms with Gasteiger partial charge in [0.2, 0.25) is 0 Å². The topological polar surface area (TPSA) is 74.6 Å². The van der Waals surface area contributed by atoms with Crippen LogP contribution in [0.25, 0.3) is 6.08 Å². The van der Waals surface area contributed by atoms with Crippen molar-refractivity contribution in [2.75, 3.05) is 0 Å². The Labute approximate surface area is 92.8 Å².